The van der Waals surface area contributed by atoms with Gasteiger partial charge in [0.25, 0.3) is 5.91 Å². The number of anilines is 1. The highest BCUT2D eigenvalue weighted by atomic mass is 16.6. The molecule has 0 aliphatic heterocycles. The first kappa shape index (κ1) is 27.1. The number of ether oxygens (including phenoxy) is 2. The molecule has 0 saturated heterocycles. The molecule has 1 aliphatic carbocycles. The van der Waals surface area contributed by atoms with Gasteiger partial charge in [-0.1, -0.05) is 6.07 Å². The van der Waals surface area contributed by atoms with Crippen molar-refractivity contribution in [2.24, 2.45) is 0 Å². The van der Waals surface area contributed by atoms with Crippen molar-refractivity contribution in [2.45, 2.75) is 63.5 Å². The van der Waals surface area contributed by atoms with E-state index >= 15 is 0 Å². The molecule has 0 bridgehead atoms. The number of nitrogens with one attached hydrogen (secondary N) is 2. The van der Waals surface area contributed by atoms with E-state index in [-0.39, 0.29) is 19.0 Å². The van der Waals surface area contributed by atoms with E-state index in [0.29, 0.717) is 35.3 Å². The van der Waals surface area contributed by atoms with Gasteiger partial charge in [-0.15, -0.1) is 0 Å². The molecule has 2 amide bonds. The fourth-order valence-corrected chi connectivity index (χ4v) is 4.37. The highest BCUT2D eigenvalue weighted by Crippen LogP contribution is 2.32. The SMILES string of the molecule is CC(C)(C)OC(=O)NCCOc1cccc(C(=O)N[C@@H]2CC[C@H](O)[C@@H](n3cnc4c(N)ncnc43)[C@@H]2O)c1. The van der Waals surface area contributed by atoms with Crippen molar-refractivity contribution in [1.29, 1.82) is 0 Å². The third-order valence-corrected chi connectivity index (χ3v) is 6.09. The second kappa shape index (κ2) is 11.2. The van der Waals surface area contributed by atoms with Crippen LogP contribution in [-0.4, -0.2) is 78.7 Å². The number of alkyl carbamates (subject to hydrolysis) is 1. The van der Waals surface area contributed by atoms with Gasteiger partial charge >= 0.3 is 6.09 Å². The van der Waals surface area contributed by atoms with E-state index in [4.69, 9.17) is 15.2 Å². The number of nitrogens with two attached hydrogens (primary N) is 1. The maximum atomic E-state index is 13.0. The number of amides is 2. The van der Waals surface area contributed by atoms with Crippen molar-refractivity contribution < 1.29 is 29.3 Å². The van der Waals surface area contributed by atoms with Gasteiger partial charge in [0.2, 0.25) is 0 Å². The van der Waals surface area contributed by atoms with Crippen LogP contribution in [0, 0.1) is 0 Å². The number of hydrogen-bond donors (Lipinski definition) is 5. The van der Waals surface area contributed by atoms with E-state index in [1.165, 1.54) is 12.7 Å². The number of hydrogen-bond acceptors (Lipinski definition) is 10. The minimum atomic E-state index is -1.12. The van der Waals surface area contributed by atoms with Crippen molar-refractivity contribution in [3.63, 3.8) is 0 Å². The summed E-state index contributed by atoms with van der Waals surface area (Å²) < 4.78 is 12.4. The summed E-state index contributed by atoms with van der Waals surface area (Å²) in [4.78, 5) is 37.1. The molecule has 38 heavy (non-hydrogen) atoms. The molecule has 0 spiro atoms. The van der Waals surface area contributed by atoms with Crippen LogP contribution < -0.4 is 21.1 Å². The van der Waals surface area contributed by atoms with Crippen LogP contribution in [0.5, 0.6) is 5.75 Å². The van der Waals surface area contributed by atoms with Gasteiger partial charge in [-0.05, 0) is 51.8 Å². The third-order valence-electron chi connectivity index (χ3n) is 6.09. The van der Waals surface area contributed by atoms with Crippen molar-refractivity contribution in [1.82, 2.24) is 30.2 Å². The van der Waals surface area contributed by atoms with Gasteiger partial charge in [0.15, 0.2) is 11.5 Å². The smallest absolute Gasteiger partial charge is 0.407 e. The Labute approximate surface area is 219 Å². The fraction of sp³-hybridized carbons (Fsp3) is 0.480. The standard InChI is InChI=1S/C25H33N7O6/c1-25(2,3)38-24(36)27-9-10-37-15-6-4-5-14(11-15)23(35)31-16-7-8-17(33)19(20(16)34)32-13-30-18-21(26)28-12-29-22(18)32/h4-6,11-13,16-17,19-20,33-34H,7-10H2,1-3H3,(H,27,36)(H,31,35)(H2,26,28,29)/t16-,17+,19-,20-/m1/s1. The Hall–Kier alpha value is -3.97. The summed E-state index contributed by atoms with van der Waals surface area (Å²) in [6, 6.07) is 5.16. The molecule has 204 valence electrons. The molecule has 2 heterocycles. The van der Waals surface area contributed by atoms with Crippen LogP contribution in [0.4, 0.5) is 10.6 Å². The average Bonchev–Trinajstić information content (AvgIpc) is 3.28. The molecule has 1 saturated carbocycles. The Morgan fingerprint density at radius 3 is 2.74 bits per heavy atom. The third kappa shape index (κ3) is 6.29. The lowest BCUT2D eigenvalue weighted by atomic mass is 9.85. The number of aliphatic hydroxyl groups is 2. The highest BCUT2D eigenvalue weighted by Gasteiger charge is 2.40. The van der Waals surface area contributed by atoms with Crippen LogP contribution in [0.25, 0.3) is 11.2 Å². The van der Waals surface area contributed by atoms with E-state index < -0.39 is 41.9 Å². The molecule has 13 nitrogen and oxygen atoms in total. The molecule has 6 N–H and O–H groups in total. The summed E-state index contributed by atoms with van der Waals surface area (Å²) in [7, 11) is 0. The summed E-state index contributed by atoms with van der Waals surface area (Å²) in [6.45, 7) is 5.73. The monoisotopic (exact) mass is 527 g/mol. The van der Waals surface area contributed by atoms with Gasteiger partial charge in [0.05, 0.1) is 37.2 Å². The molecule has 1 aliphatic rings. The largest absolute Gasteiger partial charge is 0.492 e. The summed E-state index contributed by atoms with van der Waals surface area (Å²) in [6.07, 6.45) is 0.937. The van der Waals surface area contributed by atoms with Gasteiger partial charge in [-0.3, -0.25) is 4.79 Å². The summed E-state index contributed by atoms with van der Waals surface area (Å²) >= 11 is 0. The lowest BCUT2D eigenvalue weighted by molar-refractivity contribution is -0.0323. The van der Waals surface area contributed by atoms with Gasteiger partial charge in [-0.2, -0.15) is 0 Å². The van der Waals surface area contributed by atoms with Crippen molar-refractivity contribution in [3.05, 3.63) is 42.5 Å². The molecule has 4 rings (SSSR count). The fourth-order valence-electron chi connectivity index (χ4n) is 4.37. The number of fused-ring (bicyclic) bond motifs is 1. The maximum Gasteiger partial charge on any atom is 0.407 e. The van der Waals surface area contributed by atoms with E-state index in [1.807, 2.05) is 0 Å². The van der Waals surface area contributed by atoms with Gasteiger partial charge < -0.3 is 40.6 Å². The summed E-state index contributed by atoms with van der Waals surface area (Å²) in [5.41, 5.74) is 6.37. The van der Waals surface area contributed by atoms with Crippen molar-refractivity contribution >= 4 is 29.0 Å². The number of nitrogen functional groups attached to an aromatic ring is 1. The highest BCUT2D eigenvalue weighted by molar-refractivity contribution is 5.94. The Bertz CT molecular complexity index is 1290. The molecular weight excluding hydrogens is 494 g/mol. The van der Waals surface area contributed by atoms with Crippen LogP contribution in [0.15, 0.2) is 36.9 Å². The first-order valence-corrected chi connectivity index (χ1v) is 12.3. The number of imidazole rings is 1. The number of carbonyl (C=O) groups is 2. The Morgan fingerprint density at radius 2 is 1.97 bits per heavy atom. The number of carbonyl (C=O) groups excluding carboxylic acids is 2. The van der Waals surface area contributed by atoms with E-state index in [0.717, 1.165) is 0 Å². The molecule has 1 aromatic carbocycles. The van der Waals surface area contributed by atoms with Crippen LogP contribution >= 0.6 is 0 Å². The molecule has 0 radical (unpaired) electrons. The molecular formula is C25H33N7O6. The number of nitrogens with zero attached hydrogens (tertiary/aromatic N) is 4. The lowest BCUT2D eigenvalue weighted by Crippen LogP contribution is -2.53. The Balaban J connectivity index is 1.37. The average molecular weight is 528 g/mol. The summed E-state index contributed by atoms with van der Waals surface area (Å²) in [5, 5.41) is 27.3. The zero-order valence-electron chi connectivity index (χ0n) is 21.5. The number of benzene rings is 1. The minimum Gasteiger partial charge on any atom is -0.492 e. The van der Waals surface area contributed by atoms with Crippen molar-refractivity contribution in [3.8, 4) is 5.75 Å². The molecule has 13 heteroatoms. The Kier molecular flexibility index (Phi) is 7.97. The zero-order chi connectivity index (χ0) is 27.4. The molecule has 3 aromatic rings. The second-order valence-electron chi connectivity index (χ2n) is 10.1. The van der Waals surface area contributed by atoms with Crippen LogP contribution in [0.3, 0.4) is 0 Å². The molecule has 0 unspecified atom stereocenters. The Morgan fingerprint density at radius 1 is 1.18 bits per heavy atom. The number of aromatic nitrogens is 4. The molecule has 4 atom stereocenters. The first-order chi connectivity index (χ1) is 18.0. The quantitative estimate of drug-likeness (QED) is 0.279. The van der Waals surface area contributed by atoms with E-state index in [1.54, 1.807) is 49.6 Å². The molecule has 2 aromatic heterocycles. The first-order valence-electron chi connectivity index (χ1n) is 12.3. The number of rotatable bonds is 7. The van der Waals surface area contributed by atoms with Gasteiger partial charge in [0.1, 0.15) is 29.8 Å². The predicted molar refractivity (Wildman–Crippen MR) is 137 cm³/mol. The van der Waals surface area contributed by atoms with Gasteiger partial charge in [0, 0.05) is 5.56 Å². The van der Waals surface area contributed by atoms with E-state index in [2.05, 4.69) is 25.6 Å². The van der Waals surface area contributed by atoms with Gasteiger partial charge in [-0.25, -0.2) is 19.7 Å². The maximum absolute atomic E-state index is 13.0. The molecule has 1 fully saturated rings. The normalized spacial score (nSPS) is 21.6. The van der Waals surface area contributed by atoms with E-state index in [9.17, 15) is 19.8 Å². The minimum absolute atomic E-state index is 0.179. The topological polar surface area (TPSA) is 187 Å². The van der Waals surface area contributed by atoms with Crippen molar-refractivity contribution in [2.75, 3.05) is 18.9 Å². The van der Waals surface area contributed by atoms with Crippen LogP contribution in [0.1, 0.15) is 50.0 Å². The zero-order valence-corrected chi connectivity index (χ0v) is 21.5. The number of aliphatic hydroxyl groups excluding tert-OH is 2. The van der Waals surface area contributed by atoms with Crippen LogP contribution in [-0.2, 0) is 4.74 Å². The summed E-state index contributed by atoms with van der Waals surface area (Å²) in [5.74, 6) is 0.244. The van der Waals surface area contributed by atoms with Crippen LogP contribution in [0.2, 0.25) is 0 Å². The lowest BCUT2D eigenvalue weighted by Gasteiger charge is -2.39. The second-order valence-corrected chi connectivity index (χ2v) is 10.1. The predicted octanol–water partition coefficient (Wildman–Crippen LogP) is 1.17.